The number of aliphatic imine (C=N–C) groups is 1. The van der Waals surface area contributed by atoms with Crippen molar-refractivity contribution in [2.45, 2.75) is 56.0 Å². The minimum absolute atomic E-state index is 0.144. The zero-order valence-electron chi connectivity index (χ0n) is 19.4. The molecule has 3 aliphatic heterocycles. The molecule has 10 heteroatoms. The Morgan fingerprint density at radius 1 is 0.944 bits per heavy atom. The van der Waals surface area contributed by atoms with E-state index in [1.165, 1.54) is 5.56 Å². The van der Waals surface area contributed by atoms with Crippen molar-refractivity contribution in [1.29, 1.82) is 0 Å². The van der Waals surface area contributed by atoms with Gasteiger partial charge in [0.15, 0.2) is 12.2 Å². The molecule has 188 valence electrons. The molecule has 4 aliphatic rings. The third-order valence-electron chi connectivity index (χ3n) is 6.66. The molecule has 1 saturated carbocycles. The Hall–Kier alpha value is -3.79. The van der Waals surface area contributed by atoms with Crippen LogP contribution in [0.5, 0.6) is 0 Å². The fraction of sp³-hybridized carbons (Fsp3) is 0.423. The molecule has 2 N–H and O–H groups in total. The first-order valence-corrected chi connectivity index (χ1v) is 12.0. The number of rotatable bonds is 7. The quantitative estimate of drug-likeness (QED) is 0.443. The van der Waals surface area contributed by atoms with Gasteiger partial charge in [0.05, 0.1) is 17.6 Å². The molecule has 5 atom stereocenters. The topological polar surface area (TPSA) is 144 Å². The van der Waals surface area contributed by atoms with Crippen molar-refractivity contribution in [3.8, 4) is 0 Å². The van der Waals surface area contributed by atoms with Crippen LogP contribution in [-0.4, -0.2) is 60.7 Å². The van der Waals surface area contributed by atoms with Crippen molar-refractivity contribution >= 4 is 29.7 Å². The predicted octanol–water partition coefficient (Wildman–Crippen LogP) is 1.73. The Labute approximate surface area is 207 Å². The summed E-state index contributed by atoms with van der Waals surface area (Å²) < 4.78 is 22.5. The highest BCUT2D eigenvalue weighted by Gasteiger charge is 2.50. The van der Waals surface area contributed by atoms with Crippen LogP contribution in [0.4, 0.5) is 0 Å². The van der Waals surface area contributed by atoms with Gasteiger partial charge in [-0.2, -0.15) is 4.99 Å². The molecule has 1 aromatic carbocycles. The molecule has 36 heavy (non-hydrogen) atoms. The van der Waals surface area contributed by atoms with E-state index in [1.54, 1.807) is 24.3 Å². The van der Waals surface area contributed by atoms with Crippen LogP contribution in [0, 0.1) is 5.92 Å². The van der Waals surface area contributed by atoms with Crippen molar-refractivity contribution in [3.05, 3.63) is 59.7 Å². The molecule has 1 aliphatic carbocycles. The molecule has 0 bridgehead atoms. The van der Waals surface area contributed by atoms with E-state index in [0.29, 0.717) is 24.3 Å². The summed E-state index contributed by atoms with van der Waals surface area (Å²) >= 11 is 0. The van der Waals surface area contributed by atoms with Gasteiger partial charge in [0.1, 0.15) is 18.5 Å². The van der Waals surface area contributed by atoms with Crippen LogP contribution in [0.1, 0.15) is 47.5 Å². The number of amidine groups is 1. The van der Waals surface area contributed by atoms with Gasteiger partial charge < -0.3 is 24.7 Å². The maximum Gasteiger partial charge on any atom is 0.338 e. The maximum atomic E-state index is 12.6. The summed E-state index contributed by atoms with van der Waals surface area (Å²) in [5.41, 5.74) is 7.16. The smallest absolute Gasteiger partial charge is 0.338 e. The molecular weight excluding hydrogens is 468 g/mol. The lowest BCUT2D eigenvalue weighted by Crippen LogP contribution is -2.42. The van der Waals surface area contributed by atoms with Crippen molar-refractivity contribution in [3.63, 3.8) is 0 Å². The Morgan fingerprint density at radius 2 is 1.61 bits per heavy atom. The number of hydrogen-bond acceptors (Lipinski definition) is 9. The fourth-order valence-electron chi connectivity index (χ4n) is 4.59. The van der Waals surface area contributed by atoms with Gasteiger partial charge in [-0.3, -0.25) is 4.79 Å². The molecule has 5 rings (SSSR count). The number of carbonyl (C=O) groups is 4. The first kappa shape index (κ1) is 23.9. The SMILES string of the molecule is NC1=NC(=O)C(CC[C@@H]2O[C@H](COC(=O)c3ccc(C4CC4)cc3)C3OC(=O)/C=C\C(=O)O[C@@H]32)C=C1. The van der Waals surface area contributed by atoms with Gasteiger partial charge in [-0.25, -0.2) is 14.4 Å². The summed E-state index contributed by atoms with van der Waals surface area (Å²) in [4.78, 5) is 52.8. The Bertz CT molecular complexity index is 1150. The van der Waals surface area contributed by atoms with Gasteiger partial charge in [0.25, 0.3) is 5.91 Å². The van der Waals surface area contributed by atoms with Crippen LogP contribution < -0.4 is 5.73 Å². The first-order valence-electron chi connectivity index (χ1n) is 12.0. The Kier molecular flexibility index (Phi) is 6.69. The number of benzene rings is 1. The fourth-order valence-corrected chi connectivity index (χ4v) is 4.59. The standard InChI is InChI=1S/C26H26N2O8/c27-20-10-8-16(25(31)28-20)7-9-18-23-24(36-22(30)12-11-21(29)35-23)19(34-18)13-33-26(32)17-5-3-15(4-6-17)14-1-2-14/h3-6,8,10-12,14,16,18-19,23-24H,1-2,7,9,13H2,(H2,27,28,31)/b12-11-/t16?,18-,19+,23+,24?/m0/s1. The van der Waals surface area contributed by atoms with E-state index in [4.69, 9.17) is 24.7 Å². The van der Waals surface area contributed by atoms with E-state index >= 15 is 0 Å². The first-order chi connectivity index (χ1) is 17.4. The van der Waals surface area contributed by atoms with Crippen LogP contribution in [0.25, 0.3) is 0 Å². The zero-order valence-corrected chi connectivity index (χ0v) is 19.4. The summed E-state index contributed by atoms with van der Waals surface area (Å²) in [5, 5.41) is 0. The minimum Gasteiger partial charge on any atom is -0.459 e. The lowest BCUT2D eigenvalue weighted by molar-refractivity contribution is -0.163. The number of hydrogen-bond donors (Lipinski definition) is 1. The third-order valence-corrected chi connectivity index (χ3v) is 6.66. The van der Waals surface area contributed by atoms with Crippen molar-refractivity contribution in [2.24, 2.45) is 16.6 Å². The van der Waals surface area contributed by atoms with Crippen molar-refractivity contribution in [2.75, 3.05) is 6.61 Å². The van der Waals surface area contributed by atoms with E-state index in [-0.39, 0.29) is 18.3 Å². The van der Waals surface area contributed by atoms with Crippen LogP contribution >= 0.6 is 0 Å². The second-order valence-electron chi connectivity index (χ2n) is 9.26. The molecule has 2 unspecified atom stereocenters. The molecule has 1 amide bonds. The van der Waals surface area contributed by atoms with Gasteiger partial charge >= 0.3 is 17.9 Å². The van der Waals surface area contributed by atoms with E-state index in [0.717, 1.165) is 25.0 Å². The van der Waals surface area contributed by atoms with E-state index < -0.39 is 48.2 Å². The summed E-state index contributed by atoms with van der Waals surface area (Å²) in [6.45, 7) is -0.210. The monoisotopic (exact) mass is 494 g/mol. The largest absolute Gasteiger partial charge is 0.459 e. The zero-order chi connectivity index (χ0) is 25.2. The van der Waals surface area contributed by atoms with E-state index in [1.807, 2.05) is 12.1 Å². The predicted molar refractivity (Wildman–Crippen MR) is 125 cm³/mol. The molecular formula is C26H26N2O8. The van der Waals surface area contributed by atoms with Crippen LogP contribution in [0.2, 0.25) is 0 Å². The Balaban J connectivity index is 1.25. The van der Waals surface area contributed by atoms with Gasteiger partial charge in [-0.1, -0.05) is 18.2 Å². The second-order valence-corrected chi connectivity index (χ2v) is 9.26. The summed E-state index contributed by atoms with van der Waals surface area (Å²) in [7, 11) is 0. The summed E-state index contributed by atoms with van der Waals surface area (Å²) in [6, 6.07) is 7.30. The lowest BCUT2D eigenvalue weighted by Gasteiger charge is -2.25. The molecule has 1 saturated heterocycles. The molecule has 1 aromatic rings. The minimum atomic E-state index is -0.979. The van der Waals surface area contributed by atoms with E-state index in [2.05, 4.69) is 4.99 Å². The van der Waals surface area contributed by atoms with Crippen molar-refractivity contribution in [1.82, 2.24) is 0 Å². The van der Waals surface area contributed by atoms with E-state index in [9.17, 15) is 19.2 Å². The van der Waals surface area contributed by atoms with Crippen LogP contribution in [0.3, 0.4) is 0 Å². The van der Waals surface area contributed by atoms with Crippen molar-refractivity contribution < 1.29 is 38.1 Å². The second kappa shape index (κ2) is 10.1. The number of ether oxygens (including phenoxy) is 4. The number of fused-ring (bicyclic) bond motifs is 1. The molecule has 0 radical (unpaired) electrons. The number of esters is 3. The summed E-state index contributed by atoms with van der Waals surface area (Å²) in [5.74, 6) is -2.13. The highest BCUT2D eigenvalue weighted by molar-refractivity contribution is 6.03. The van der Waals surface area contributed by atoms with Gasteiger partial charge in [0, 0.05) is 12.2 Å². The lowest BCUT2D eigenvalue weighted by atomic mass is 9.95. The molecule has 10 nitrogen and oxygen atoms in total. The number of dihydropyridines is 1. The molecule has 3 heterocycles. The average Bonchev–Trinajstić information content (AvgIpc) is 3.66. The normalized spacial score (nSPS) is 30.4. The highest BCUT2D eigenvalue weighted by atomic mass is 16.7. The van der Waals surface area contributed by atoms with Crippen LogP contribution in [0.15, 0.2) is 53.6 Å². The number of nitrogens with two attached hydrogens (primary N) is 1. The number of amides is 1. The molecule has 0 spiro atoms. The highest BCUT2D eigenvalue weighted by Crippen LogP contribution is 2.40. The van der Waals surface area contributed by atoms with Gasteiger partial charge in [0.2, 0.25) is 0 Å². The molecule has 2 fully saturated rings. The third kappa shape index (κ3) is 5.38. The van der Waals surface area contributed by atoms with Gasteiger partial charge in [-0.05, 0) is 55.4 Å². The number of nitrogens with zero attached hydrogens (tertiary/aromatic N) is 1. The maximum absolute atomic E-state index is 12.6. The number of carbonyl (C=O) groups excluding carboxylic acids is 4. The van der Waals surface area contributed by atoms with Gasteiger partial charge in [-0.15, -0.1) is 0 Å². The Morgan fingerprint density at radius 3 is 2.25 bits per heavy atom. The summed E-state index contributed by atoms with van der Waals surface area (Å²) in [6.07, 6.45) is 4.72. The molecule has 0 aromatic heterocycles. The average molecular weight is 495 g/mol. The van der Waals surface area contributed by atoms with Crippen LogP contribution in [-0.2, 0) is 33.3 Å².